The van der Waals surface area contributed by atoms with E-state index in [1.54, 1.807) is 24.3 Å². The fourth-order valence-corrected chi connectivity index (χ4v) is 3.52. The smallest absolute Gasteiger partial charge is 0.168 e. The van der Waals surface area contributed by atoms with Crippen LogP contribution in [0, 0.1) is 6.92 Å². The van der Waals surface area contributed by atoms with Gasteiger partial charge in [-0.2, -0.15) is 0 Å². The van der Waals surface area contributed by atoms with Gasteiger partial charge in [0.2, 0.25) is 0 Å². The van der Waals surface area contributed by atoms with E-state index in [2.05, 4.69) is 40.3 Å². The van der Waals surface area contributed by atoms with Gasteiger partial charge < -0.3 is 10.6 Å². The Labute approximate surface area is 180 Å². The van der Waals surface area contributed by atoms with Crippen LogP contribution in [-0.2, 0) is 5.04 Å². The fraction of sp³-hybridized carbons (Fsp3) is 0.0385. The first-order valence-electron chi connectivity index (χ1n) is 9.74. The van der Waals surface area contributed by atoms with Gasteiger partial charge >= 0.3 is 0 Å². The molecule has 3 N–H and O–H groups in total. The molecule has 0 bridgehead atoms. The average Bonchev–Trinajstić information content (AvgIpc) is 2.81. The van der Waals surface area contributed by atoms with E-state index in [0.717, 1.165) is 39.7 Å². The molecule has 0 heterocycles. The molecule has 0 aliphatic heterocycles. The van der Waals surface area contributed by atoms with Crippen molar-refractivity contribution in [2.45, 2.75) is 6.92 Å². The van der Waals surface area contributed by atoms with Crippen molar-refractivity contribution in [3.05, 3.63) is 96.1 Å². The lowest BCUT2D eigenvalue weighted by Gasteiger charge is -2.16. The first-order chi connectivity index (χ1) is 15.1. The van der Waals surface area contributed by atoms with Gasteiger partial charge in [0.05, 0.1) is 0 Å². The second kappa shape index (κ2) is 8.83. The number of carbonyl (C=O) groups excluding carboxylic acids is 1. The molecule has 5 nitrogen and oxygen atoms in total. The zero-order valence-electron chi connectivity index (χ0n) is 16.9. The molecule has 4 rings (SSSR count). The first kappa shape index (κ1) is 20.3. The Hall–Kier alpha value is -3.93. The number of benzene rings is 4. The maximum atomic E-state index is 11.0. The van der Waals surface area contributed by atoms with Crippen molar-refractivity contribution in [1.82, 2.24) is 0 Å². The Bertz CT molecular complexity index is 1200. The van der Waals surface area contributed by atoms with Crippen molar-refractivity contribution < 1.29 is 20.0 Å². The summed E-state index contributed by atoms with van der Waals surface area (Å²) in [6.45, 7) is 2.04. The molecular formula is C26H21NO4. The number of anilines is 1. The van der Waals surface area contributed by atoms with Crippen LogP contribution in [0.5, 0.6) is 5.75 Å². The summed E-state index contributed by atoms with van der Waals surface area (Å²) in [5.74, 6) is 0.365. The molecule has 0 aromatic heterocycles. The number of nitrogen functional groups attached to an aromatic ring is 1. The third-order valence-electron chi connectivity index (χ3n) is 5.22. The van der Waals surface area contributed by atoms with Gasteiger partial charge in [-0.05, 0) is 58.5 Å². The predicted molar refractivity (Wildman–Crippen MR) is 122 cm³/mol. The zero-order valence-corrected chi connectivity index (χ0v) is 16.9. The lowest BCUT2D eigenvalue weighted by Crippen LogP contribution is -1.97. The number of aryl methyl sites for hydroxylation is 1. The molecule has 5 heteroatoms. The van der Waals surface area contributed by atoms with Gasteiger partial charge in [0.15, 0.2) is 5.75 Å². The van der Waals surface area contributed by atoms with E-state index in [9.17, 15) is 4.79 Å². The topological polar surface area (TPSA) is 81.8 Å². The van der Waals surface area contributed by atoms with E-state index < -0.39 is 0 Å². The second-order valence-electron chi connectivity index (χ2n) is 7.27. The van der Waals surface area contributed by atoms with Gasteiger partial charge in [-0.1, -0.05) is 66.2 Å². The molecule has 0 aliphatic carbocycles. The van der Waals surface area contributed by atoms with E-state index in [-0.39, 0.29) is 0 Å². The maximum absolute atomic E-state index is 11.0. The van der Waals surface area contributed by atoms with E-state index >= 15 is 0 Å². The molecule has 0 fully saturated rings. The van der Waals surface area contributed by atoms with Gasteiger partial charge in [-0.25, -0.2) is 5.26 Å². The van der Waals surface area contributed by atoms with Crippen LogP contribution in [0.15, 0.2) is 84.9 Å². The first-order valence-corrected chi connectivity index (χ1v) is 9.74. The number of hydrogen-bond acceptors (Lipinski definition) is 5. The summed E-state index contributed by atoms with van der Waals surface area (Å²) in [4.78, 5) is 15.7. The molecule has 0 spiro atoms. The largest absolute Gasteiger partial charge is 0.398 e. The van der Waals surface area contributed by atoms with Gasteiger partial charge in [0.25, 0.3) is 0 Å². The van der Waals surface area contributed by atoms with Gasteiger partial charge in [-0.3, -0.25) is 4.79 Å². The monoisotopic (exact) mass is 411 g/mol. The Morgan fingerprint density at radius 2 is 1.26 bits per heavy atom. The van der Waals surface area contributed by atoms with Crippen molar-refractivity contribution >= 4 is 12.0 Å². The molecule has 154 valence electrons. The number of hydrogen-bond donors (Lipinski definition) is 2. The Kier molecular flexibility index (Phi) is 5.80. The van der Waals surface area contributed by atoms with E-state index in [0.29, 0.717) is 17.0 Å². The molecule has 0 aliphatic rings. The summed E-state index contributed by atoms with van der Waals surface area (Å²) in [6, 6.07) is 26.8. The van der Waals surface area contributed by atoms with Crippen LogP contribution >= 0.6 is 0 Å². The molecule has 4 aromatic rings. The van der Waals surface area contributed by atoms with Crippen LogP contribution in [0.2, 0.25) is 0 Å². The normalized spacial score (nSPS) is 10.6. The standard InChI is InChI=1S/C26H21NO4/c1-17-2-6-20(7-3-17)24-14-22(19-8-4-18(16-28)5-9-19)15-25(26(24)27)21-10-12-23(13-11-21)30-31-29/h2-16,29H,27H2,1H3. The summed E-state index contributed by atoms with van der Waals surface area (Å²) in [5, 5.41) is 12.2. The summed E-state index contributed by atoms with van der Waals surface area (Å²) in [5.41, 5.74) is 14.7. The minimum atomic E-state index is 0.365. The molecule has 0 amide bonds. The summed E-state index contributed by atoms with van der Waals surface area (Å²) in [7, 11) is 0. The van der Waals surface area contributed by atoms with E-state index in [1.165, 1.54) is 5.56 Å². The molecule has 0 saturated heterocycles. The van der Waals surface area contributed by atoms with Crippen molar-refractivity contribution in [3.8, 4) is 39.1 Å². The number of carbonyl (C=O) groups is 1. The maximum Gasteiger partial charge on any atom is 0.168 e. The van der Waals surface area contributed by atoms with Crippen LogP contribution in [0.25, 0.3) is 33.4 Å². The Balaban J connectivity index is 1.88. The van der Waals surface area contributed by atoms with Gasteiger partial charge in [0.1, 0.15) is 6.29 Å². The van der Waals surface area contributed by atoms with Crippen LogP contribution < -0.4 is 10.6 Å². The summed E-state index contributed by atoms with van der Waals surface area (Å²) >= 11 is 0. The molecule has 0 atom stereocenters. The highest BCUT2D eigenvalue weighted by Gasteiger charge is 2.13. The lowest BCUT2D eigenvalue weighted by molar-refractivity contribution is -0.438. The molecular weight excluding hydrogens is 390 g/mol. The SMILES string of the molecule is Cc1ccc(-c2cc(-c3ccc(C=O)cc3)cc(-c3ccc(OOO)cc3)c2N)cc1. The Morgan fingerprint density at radius 1 is 0.742 bits per heavy atom. The third-order valence-corrected chi connectivity index (χ3v) is 5.22. The molecule has 0 saturated carbocycles. The lowest BCUT2D eigenvalue weighted by atomic mass is 9.91. The quantitative estimate of drug-likeness (QED) is 0.171. The predicted octanol–water partition coefficient (Wildman–Crippen LogP) is 6.17. The highest BCUT2D eigenvalue weighted by Crippen LogP contribution is 2.39. The van der Waals surface area contributed by atoms with Crippen LogP contribution in [0.4, 0.5) is 5.69 Å². The molecule has 4 aromatic carbocycles. The van der Waals surface area contributed by atoms with Crippen molar-refractivity contribution in [2.75, 3.05) is 5.73 Å². The highest BCUT2D eigenvalue weighted by molar-refractivity contribution is 5.93. The average molecular weight is 411 g/mol. The minimum absolute atomic E-state index is 0.365. The van der Waals surface area contributed by atoms with E-state index in [4.69, 9.17) is 11.0 Å². The summed E-state index contributed by atoms with van der Waals surface area (Å²) < 4.78 is 0. The van der Waals surface area contributed by atoms with Crippen molar-refractivity contribution in [3.63, 3.8) is 0 Å². The number of aldehydes is 1. The zero-order chi connectivity index (χ0) is 21.8. The van der Waals surface area contributed by atoms with Crippen LogP contribution in [0.3, 0.4) is 0 Å². The Morgan fingerprint density at radius 3 is 1.77 bits per heavy atom. The summed E-state index contributed by atoms with van der Waals surface area (Å²) in [6.07, 6.45) is 0.829. The second-order valence-corrected chi connectivity index (χ2v) is 7.27. The van der Waals surface area contributed by atoms with Crippen molar-refractivity contribution in [2.24, 2.45) is 0 Å². The minimum Gasteiger partial charge on any atom is -0.398 e. The third kappa shape index (κ3) is 4.33. The van der Waals surface area contributed by atoms with Crippen LogP contribution in [-0.4, -0.2) is 11.5 Å². The number of rotatable bonds is 6. The number of nitrogens with two attached hydrogens (primary N) is 1. The fourth-order valence-electron chi connectivity index (χ4n) is 3.52. The van der Waals surface area contributed by atoms with Crippen LogP contribution in [0.1, 0.15) is 15.9 Å². The molecule has 0 unspecified atom stereocenters. The highest BCUT2D eigenvalue weighted by atomic mass is 17.5. The molecule has 31 heavy (non-hydrogen) atoms. The molecule has 0 radical (unpaired) electrons. The van der Waals surface area contributed by atoms with Gasteiger partial charge in [0, 0.05) is 22.4 Å². The van der Waals surface area contributed by atoms with Crippen molar-refractivity contribution in [1.29, 1.82) is 0 Å². The van der Waals surface area contributed by atoms with E-state index in [1.807, 2.05) is 37.3 Å². The van der Waals surface area contributed by atoms with Gasteiger partial charge in [-0.15, -0.1) is 0 Å².